The SMILES string of the molecule is CCOC(=O)C1CCN(S(=O)(=O)c2cccc(-c3csc(=Nc4ccccc4)n3Cc3cccnc3)c2)CC1. The zero-order valence-electron chi connectivity index (χ0n) is 21.6. The molecular formula is C29H30N4O4S2. The van der Waals surface area contributed by atoms with Gasteiger partial charge in [0.15, 0.2) is 4.80 Å². The number of esters is 1. The van der Waals surface area contributed by atoms with Crippen LogP contribution in [0, 0.1) is 5.92 Å². The van der Waals surface area contributed by atoms with Crippen molar-refractivity contribution in [2.75, 3.05) is 19.7 Å². The second-order valence-corrected chi connectivity index (χ2v) is 12.0. The zero-order valence-corrected chi connectivity index (χ0v) is 23.3. The van der Waals surface area contributed by atoms with E-state index in [-0.39, 0.29) is 29.9 Å². The molecule has 3 heterocycles. The first-order valence-electron chi connectivity index (χ1n) is 12.9. The molecule has 0 radical (unpaired) electrons. The van der Waals surface area contributed by atoms with Crippen molar-refractivity contribution in [3.8, 4) is 11.3 Å². The molecule has 2 aromatic carbocycles. The molecule has 1 aliphatic rings. The van der Waals surface area contributed by atoms with Crippen LogP contribution in [0.15, 0.2) is 94.4 Å². The van der Waals surface area contributed by atoms with E-state index in [0.29, 0.717) is 26.0 Å². The number of hydrogen-bond donors (Lipinski definition) is 0. The minimum atomic E-state index is -3.73. The van der Waals surface area contributed by atoms with E-state index < -0.39 is 10.0 Å². The van der Waals surface area contributed by atoms with Gasteiger partial charge in [0.05, 0.1) is 35.3 Å². The molecule has 10 heteroatoms. The van der Waals surface area contributed by atoms with Crippen molar-refractivity contribution in [1.82, 2.24) is 13.9 Å². The van der Waals surface area contributed by atoms with Gasteiger partial charge in [0.2, 0.25) is 10.0 Å². The maximum absolute atomic E-state index is 13.6. The summed E-state index contributed by atoms with van der Waals surface area (Å²) in [6.07, 6.45) is 4.47. The summed E-state index contributed by atoms with van der Waals surface area (Å²) < 4.78 is 35.8. The molecule has 0 saturated carbocycles. The fourth-order valence-corrected chi connectivity index (χ4v) is 7.09. The standard InChI is InChI=1S/C29H30N4O4S2/c1-2-37-28(34)23-13-16-32(17-14-23)39(35,36)26-12-6-9-24(18-26)27-21-38-29(31-25-10-4-3-5-11-25)33(27)20-22-8-7-15-30-19-22/h3-12,15,18-19,21,23H,2,13-14,16-17,20H2,1H3. The summed E-state index contributed by atoms with van der Waals surface area (Å²) >= 11 is 1.51. The molecule has 2 aromatic heterocycles. The van der Waals surface area contributed by atoms with Gasteiger partial charge in [-0.25, -0.2) is 13.4 Å². The fraction of sp³-hybridized carbons (Fsp3) is 0.276. The molecule has 0 atom stereocenters. The molecule has 0 N–H and O–H groups in total. The summed E-state index contributed by atoms with van der Waals surface area (Å²) in [4.78, 5) is 22.2. The van der Waals surface area contributed by atoms with E-state index in [2.05, 4.69) is 9.55 Å². The van der Waals surface area contributed by atoms with E-state index >= 15 is 0 Å². The van der Waals surface area contributed by atoms with Gasteiger partial charge in [0.25, 0.3) is 0 Å². The van der Waals surface area contributed by atoms with Crippen LogP contribution in [0.1, 0.15) is 25.3 Å². The maximum atomic E-state index is 13.6. The zero-order chi connectivity index (χ0) is 27.2. The lowest BCUT2D eigenvalue weighted by Crippen LogP contribution is -2.40. The van der Waals surface area contributed by atoms with E-state index in [1.54, 1.807) is 31.3 Å². The second-order valence-electron chi connectivity index (χ2n) is 9.26. The monoisotopic (exact) mass is 562 g/mol. The van der Waals surface area contributed by atoms with Crippen molar-refractivity contribution in [3.05, 3.63) is 94.9 Å². The van der Waals surface area contributed by atoms with Crippen LogP contribution in [-0.4, -0.2) is 47.9 Å². The van der Waals surface area contributed by atoms with Crippen LogP contribution in [0.5, 0.6) is 0 Å². The Morgan fingerprint density at radius 3 is 2.59 bits per heavy atom. The van der Waals surface area contributed by atoms with E-state index in [9.17, 15) is 13.2 Å². The Balaban J connectivity index is 1.47. The summed E-state index contributed by atoms with van der Waals surface area (Å²) in [5, 5.41) is 2.01. The normalized spacial score (nSPS) is 15.4. The number of carbonyl (C=O) groups is 1. The highest BCUT2D eigenvalue weighted by molar-refractivity contribution is 7.89. The molecule has 202 valence electrons. The number of carbonyl (C=O) groups excluding carboxylic acids is 1. The summed E-state index contributed by atoms with van der Waals surface area (Å²) in [6, 6.07) is 20.7. The first kappa shape index (κ1) is 27.0. The molecule has 5 rings (SSSR count). The Bertz CT molecular complexity index is 1590. The van der Waals surface area contributed by atoms with E-state index in [1.807, 2.05) is 60.1 Å². The number of benzene rings is 2. The summed E-state index contributed by atoms with van der Waals surface area (Å²) in [7, 11) is -3.73. The van der Waals surface area contributed by atoms with Crippen LogP contribution in [0.3, 0.4) is 0 Å². The topological polar surface area (TPSA) is 93.9 Å². The Labute approximate surface area is 232 Å². The first-order valence-corrected chi connectivity index (χ1v) is 15.2. The molecule has 39 heavy (non-hydrogen) atoms. The van der Waals surface area contributed by atoms with Crippen molar-refractivity contribution < 1.29 is 17.9 Å². The predicted molar refractivity (Wildman–Crippen MR) is 151 cm³/mol. The summed E-state index contributed by atoms with van der Waals surface area (Å²) in [5.74, 6) is -0.504. The van der Waals surface area contributed by atoms with Crippen molar-refractivity contribution in [3.63, 3.8) is 0 Å². The van der Waals surface area contributed by atoms with Crippen molar-refractivity contribution in [2.45, 2.75) is 31.2 Å². The van der Waals surface area contributed by atoms with Gasteiger partial charge in [-0.3, -0.25) is 9.78 Å². The molecule has 0 amide bonds. The Morgan fingerprint density at radius 2 is 1.87 bits per heavy atom. The van der Waals surface area contributed by atoms with Crippen LogP contribution in [-0.2, 0) is 26.1 Å². The number of ether oxygens (including phenoxy) is 1. The van der Waals surface area contributed by atoms with E-state index in [1.165, 1.54) is 15.6 Å². The number of aromatic nitrogens is 2. The highest BCUT2D eigenvalue weighted by atomic mass is 32.2. The highest BCUT2D eigenvalue weighted by Gasteiger charge is 2.33. The van der Waals surface area contributed by atoms with Gasteiger partial charge in [0.1, 0.15) is 0 Å². The van der Waals surface area contributed by atoms with Crippen LogP contribution in [0.4, 0.5) is 5.69 Å². The number of rotatable bonds is 8. The van der Waals surface area contributed by atoms with E-state index in [0.717, 1.165) is 27.3 Å². The molecule has 0 aliphatic carbocycles. The Morgan fingerprint density at radius 1 is 1.08 bits per heavy atom. The number of hydrogen-bond acceptors (Lipinski definition) is 7. The number of sulfonamides is 1. The smallest absolute Gasteiger partial charge is 0.309 e. The average Bonchev–Trinajstić information content (AvgIpc) is 3.36. The summed E-state index contributed by atoms with van der Waals surface area (Å²) in [6.45, 7) is 3.22. The van der Waals surface area contributed by atoms with Crippen molar-refractivity contribution in [1.29, 1.82) is 0 Å². The number of thiazole rings is 1. The average molecular weight is 563 g/mol. The highest BCUT2D eigenvalue weighted by Crippen LogP contribution is 2.28. The van der Waals surface area contributed by atoms with Gasteiger partial charge in [-0.1, -0.05) is 36.4 Å². The van der Waals surface area contributed by atoms with Crippen LogP contribution < -0.4 is 4.80 Å². The van der Waals surface area contributed by atoms with Crippen molar-refractivity contribution >= 4 is 33.0 Å². The van der Waals surface area contributed by atoms with Crippen LogP contribution >= 0.6 is 11.3 Å². The van der Waals surface area contributed by atoms with Gasteiger partial charge in [-0.05, 0) is 55.7 Å². The molecular weight excluding hydrogens is 532 g/mol. The van der Waals surface area contributed by atoms with Crippen molar-refractivity contribution in [2.24, 2.45) is 10.9 Å². The number of pyridine rings is 1. The lowest BCUT2D eigenvalue weighted by Gasteiger charge is -2.30. The predicted octanol–water partition coefficient (Wildman–Crippen LogP) is 4.86. The first-order chi connectivity index (χ1) is 19.0. The maximum Gasteiger partial charge on any atom is 0.309 e. The third kappa shape index (κ3) is 6.19. The third-order valence-corrected chi connectivity index (χ3v) is 9.44. The number of nitrogens with zero attached hydrogens (tertiary/aromatic N) is 4. The third-order valence-electron chi connectivity index (χ3n) is 6.68. The lowest BCUT2D eigenvalue weighted by atomic mass is 9.98. The van der Waals surface area contributed by atoms with Gasteiger partial charge in [0, 0.05) is 36.4 Å². The largest absolute Gasteiger partial charge is 0.466 e. The lowest BCUT2D eigenvalue weighted by molar-refractivity contribution is -0.149. The Hall–Kier alpha value is -3.60. The molecule has 8 nitrogen and oxygen atoms in total. The molecule has 0 unspecified atom stereocenters. The molecule has 1 aliphatic heterocycles. The van der Waals surface area contributed by atoms with Gasteiger partial charge < -0.3 is 9.30 Å². The van der Waals surface area contributed by atoms with Crippen LogP contribution in [0.25, 0.3) is 11.3 Å². The van der Waals surface area contributed by atoms with E-state index in [4.69, 9.17) is 9.73 Å². The minimum Gasteiger partial charge on any atom is -0.466 e. The van der Waals surface area contributed by atoms with Crippen LogP contribution in [0.2, 0.25) is 0 Å². The minimum absolute atomic E-state index is 0.232. The number of para-hydroxylation sites is 1. The molecule has 0 spiro atoms. The van der Waals surface area contributed by atoms with Gasteiger partial charge >= 0.3 is 5.97 Å². The number of piperidine rings is 1. The Kier molecular flexibility index (Phi) is 8.35. The molecule has 4 aromatic rings. The molecule has 0 bridgehead atoms. The van der Waals surface area contributed by atoms with Gasteiger partial charge in [-0.15, -0.1) is 11.3 Å². The molecule has 1 fully saturated rings. The van der Waals surface area contributed by atoms with Gasteiger partial charge in [-0.2, -0.15) is 4.31 Å². The molecule has 1 saturated heterocycles. The second kappa shape index (κ2) is 12.1. The fourth-order valence-electron chi connectivity index (χ4n) is 4.65. The quantitative estimate of drug-likeness (QED) is 0.286. The summed E-state index contributed by atoms with van der Waals surface area (Å²) in [5.41, 5.74) is 3.51.